The van der Waals surface area contributed by atoms with E-state index < -0.39 is 23.7 Å². The summed E-state index contributed by atoms with van der Waals surface area (Å²) in [5.74, 6) is -0.198. The molecule has 0 fully saturated rings. The van der Waals surface area contributed by atoms with Crippen LogP contribution in [0, 0.1) is 10.4 Å². The third-order valence-electron chi connectivity index (χ3n) is 4.35. The summed E-state index contributed by atoms with van der Waals surface area (Å²) in [7, 11) is 0. The first-order valence-electron chi connectivity index (χ1n) is 10.6. The van der Waals surface area contributed by atoms with Crippen molar-refractivity contribution >= 4 is 46.7 Å². The molecule has 0 aliphatic carbocycles. The van der Waals surface area contributed by atoms with Crippen molar-refractivity contribution in [1.82, 2.24) is 10.6 Å². The van der Waals surface area contributed by atoms with Crippen molar-refractivity contribution < 1.29 is 19.1 Å². The second kappa shape index (κ2) is 11.1. The van der Waals surface area contributed by atoms with Crippen molar-refractivity contribution in [1.29, 1.82) is 0 Å². The molecule has 2 aromatic rings. The SMILES string of the molecule is CC(C)(C)OC(=O)NCCCOc1ccc(Cl)cc1NC(=O)NC1=NN([O-])c2ccccc2N1[O-]. The van der Waals surface area contributed by atoms with Crippen LogP contribution >= 0.6 is 11.6 Å². The smallest absolute Gasteiger partial charge is 0.407 e. The van der Waals surface area contributed by atoms with Gasteiger partial charge in [0.05, 0.1) is 23.7 Å². The van der Waals surface area contributed by atoms with Crippen molar-refractivity contribution in [3.63, 3.8) is 0 Å². The second-order valence-corrected chi connectivity index (χ2v) is 8.77. The molecule has 0 saturated heterocycles. The van der Waals surface area contributed by atoms with E-state index in [1.807, 2.05) is 0 Å². The number of guanidine groups is 1. The number of amides is 3. The Kier molecular flexibility index (Phi) is 8.22. The molecule has 1 heterocycles. The molecule has 0 saturated carbocycles. The highest BCUT2D eigenvalue weighted by molar-refractivity contribution is 6.31. The second-order valence-electron chi connectivity index (χ2n) is 8.33. The lowest BCUT2D eigenvalue weighted by molar-refractivity contribution is 0.0525. The Hall–Kier alpha value is -3.74. The summed E-state index contributed by atoms with van der Waals surface area (Å²) in [6.45, 7) is 5.85. The summed E-state index contributed by atoms with van der Waals surface area (Å²) in [6.07, 6.45) is -0.0610. The van der Waals surface area contributed by atoms with Crippen molar-refractivity contribution in [2.45, 2.75) is 32.8 Å². The van der Waals surface area contributed by atoms with Crippen LogP contribution in [-0.2, 0) is 4.74 Å². The Morgan fingerprint density at radius 3 is 2.51 bits per heavy atom. The van der Waals surface area contributed by atoms with Gasteiger partial charge in [-0.25, -0.2) is 9.59 Å². The molecule has 3 rings (SSSR count). The van der Waals surface area contributed by atoms with Crippen LogP contribution in [0.5, 0.6) is 5.75 Å². The summed E-state index contributed by atoms with van der Waals surface area (Å²) in [6, 6.07) is 9.81. The van der Waals surface area contributed by atoms with Gasteiger partial charge in [-0.2, -0.15) is 0 Å². The van der Waals surface area contributed by atoms with Gasteiger partial charge in [0, 0.05) is 11.6 Å². The molecule has 1 aliphatic rings. The fourth-order valence-corrected chi connectivity index (χ4v) is 3.08. The predicted octanol–water partition coefficient (Wildman–Crippen LogP) is 4.35. The quantitative estimate of drug-likeness (QED) is 0.490. The van der Waals surface area contributed by atoms with E-state index in [1.54, 1.807) is 45.0 Å². The van der Waals surface area contributed by atoms with Crippen LogP contribution in [0.4, 0.5) is 26.7 Å². The Bertz CT molecular complexity index is 1110. The zero-order chi connectivity index (χ0) is 25.6. The maximum atomic E-state index is 12.5. The molecule has 0 bridgehead atoms. The van der Waals surface area contributed by atoms with Crippen LogP contribution in [0.25, 0.3) is 0 Å². The monoisotopic (exact) mass is 504 g/mol. The molecule has 0 atom stereocenters. The number of alkyl carbamates (subject to hydrolysis) is 1. The lowest BCUT2D eigenvalue weighted by Crippen LogP contribution is -2.46. The molecular weight excluding hydrogens is 480 g/mol. The Morgan fingerprint density at radius 1 is 1.09 bits per heavy atom. The van der Waals surface area contributed by atoms with Gasteiger partial charge in [-0.05, 0) is 57.5 Å². The fourth-order valence-electron chi connectivity index (χ4n) is 2.91. The van der Waals surface area contributed by atoms with Crippen molar-refractivity contribution in [3.8, 4) is 5.75 Å². The number of hydrogen-bond donors (Lipinski definition) is 3. The standard InChI is InChI=1S/C22H25ClN6O6/c1-22(2,3)35-21(31)24-11-6-12-34-18-10-9-14(23)13-15(18)25-20(30)26-19-27-29(33)17-8-5-4-7-16(17)28(19)32/h4-5,7-10,13H,6,11-12H2,1-3H3,(H,24,31)(H2,25,26,27,30)/q-2. The number of hydrogen-bond acceptors (Lipinski definition) is 9. The lowest BCUT2D eigenvalue weighted by atomic mass is 10.2. The van der Waals surface area contributed by atoms with Gasteiger partial charge in [-0.1, -0.05) is 23.7 Å². The minimum Gasteiger partial charge on any atom is -0.752 e. The largest absolute Gasteiger partial charge is 0.752 e. The van der Waals surface area contributed by atoms with Crippen molar-refractivity contribution in [2.24, 2.45) is 5.10 Å². The number of anilines is 3. The first-order valence-corrected chi connectivity index (χ1v) is 11.0. The van der Waals surface area contributed by atoms with E-state index in [4.69, 9.17) is 21.1 Å². The number of nitrogens with zero attached hydrogens (tertiary/aromatic N) is 3. The maximum Gasteiger partial charge on any atom is 0.407 e. The van der Waals surface area contributed by atoms with E-state index in [0.29, 0.717) is 28.8 Å². The number of urea groups is 1. The summed E-state index contributed by atoms with van der Waals surface area (Å²) in [5.41, 5.74) is -0.268. The molecule has 0 spiro atoms. The van der Waals surface area contributed by atoms with Gasteiger partial charge in [-0.15, -0.1) is 5.10 Å². The molecule has 35 heavy (non-hydrogen) atoms. The predicted molar refractivity (Wildman–Crippen MR) is 134 cm³/mol. The Labute approximate surface area is 207 Å². The molecule has 0 unspecified atom stereocenters. The molecule has 0 aromatic heterocycles. The number of rotatable bonds is 6. The number of ether oxygens (including phenoxy) is 2. The first-order chi connectivity index (χ1) is 16.5. The minimum atomic E-state index is -0.837. The van der Waals surface area contributed by atoms with E-state index >= 15 is 0 Å². The van der Waals surface area contributed by atoms with E-state index in [0.717, 1.165) is 0 Å². The van der Waals surface area contributed by atoms with Crippen molar-refractivity contribution in [3.05, 3.63) is 57.9 Å². The van der Waals surface area contributed by atoms with Gasteiger partial charge < -0.3 is 40.8 Å². The van der Waals surface area contributed by atoms with Gasteiger partial charge >= 0.3 is 12.1 Å². The third kappa shape index (κ3) is 7.37. The summed E-state index contributed by atoms with van der Waals surface area (Å²) >= 11 is 6.04. The number of halogens is 1. The number of hydrazone groups is 1. The van der Waals surface area contributed by atoms with Gasteiger partial charge in [0.15, 0.2) is 0 Å². The van der Waals surface area contributed by atoms with Crippen LogP contribution < -0.4 is 30.9 Å². The molecule has 13 heteroatoms. The highest BCUT2D eigenvalue weighted by Gasteiger charge is 2.19. The summed E-state index contributed by atoms with van der Waals surface area (Å²) in [4.78, 5) is 24.2. The van der Waals surface area contributed by atoms with Crippen LogP contribution in [0.15, 0.2) is 47.6 Å². The van der Waals surface area contributed by atoms with Crippen LogP contribution in [-0.4, -0.2) is 36.8 Å². The zero-order valence-corrected chi connectivity index (χ0v) is 20.1. The molecule has 2 aromatic carbocycles. The Morgan fingerprint density at radius 2 is 1.80 bits per heavy atom. The van der Waals surface area contributed by atoms with E-state index in [1.165, 1.54) is 18.2 Å². The van der Waals surface area contributed by atoms with Gasteiger partial charge in [-0.3, -0.25) is 5.32 Å². The number of fused-ring (bicyclic) bond motifs is 1. The highest BCUT2D eigenvalue weighted by Crippen LogP contribution is 2.32. The normalized spacial score (nSPS) is 12.9. The van der Waals surface area contributed by atoms with Crippen LogP contribution in [0.2, 0.25) is 5.02 Å². The molecular formula is C22H25ClN6O6-2. The topological polar surface area (TPSA) is 154 Å². The zero-order valence-electron chi connectivity index (χ0n) is 19.3. The highest BCUT2D eigenvalue weighted by atomic mass is 35.5. The molecule has 3 N–H and O–H groups in total. The van der Waals surface area contributed by atoms with Crippen LogP contribution in [0.3, 0.4) is 0 Å². The molecule has 1 aliphatic heterocycles. The summed E-state index contributed by atoms with van der Waals surface area (Å²) in [5, 5.41) is 36.5. The minimum absolute atomic E-state index is 0.0413. The molecule has 3 amide bonds. The number of hydroxylamine groups is 1. The fraction of sp³-hybridized carbons (Fsp3) is 0.318. The van der Waals surface area contributed by atoms with Crippen molar-refractivity contribution in [2.75, 3.05) is 28.7 Å². The average molecular weight is 505 g/mol. The van der Waals surface area contributed by atoms with E-state index in [-0.39, 0.29) is 28.8 Å². The Balaban J connectivity index is 1.55. The third-order valence-corrected chi connectivity index (χ3v) is 4.58. The van der Waals surface area contributed by atoms with Gasteiger partial charge in [0.2, 0.25) is 5.96 Å². The van der Waals surface area contributed by atoms with Crippen LogP contribution in [0.1, 0.15) is 27.2 Å². The lowest BCUT2D eigenvalue weighted by Gasteiger charge is -2.41. The number of para-hydroxylation sites is 2. The van der Waals surface area contributed by atoms with E-state index in [9.17, 15) is 20.0 Å². The number of carbonyl (C=O) groups excluding carboxylic acids is 2. The number of benzene rings is 2. The summed E-state index contributed by atoms with van der Waals surface area (Å²) < 4.78 is 10.9. The average Bonchev–Trinajstić information content (AvgIpc) is 2.77. The van der Waals surface area contributed by atoms with Gasteiger partial charge in [0.1, 0.15) is 11.4 Å². The maximum absolute atomic E-state index is 12.5. The molecule has 0 radical (unpaired) electrons. The molecule has 12 nitrogen and oxygen atoms in total. The number of nitrogens with one attached hydrogen (secondary N) is 3. The number of carbonyl (C=O) groups is 2. The first kappa shape index (κ1) is 25.9. The van der Waals surface area contributed by atoms with Gasteiger partial charge in [0.25, 0.3) is 0 Å². The van der Waals surface area contributed by atoms with E-state index in [2.05, 4.69) is 21.1 Å². The molecule has 188 valence electrons.